The van der Waals surface area contributed by atoms with Crippen LogP contribution in [0.4, 0.5) is 0 Å². The van der Waals surface area contributed by atoms with Gasteiger partial charge in [0.15, 0.2) is 0 Å². The van der Waals surface area contributed by atoms with Gasteiger partial charge in [-0.25, -0.2) is 13.6 Å². The molecule has 1 fully saturated rings. The first-order valence-corrected chi connectivity index (χ1v) is 10.4. The van der Waals surface area contributed by atoms with Crippen LogP contribution in [-0.4, -0.2) is 37.6 Å². The zero-order valence-corrected chi connectivity index (χ0v) is 15.5. The van der Waals surface area contributed by atoms with Crippen molar-refractivity contribution < 1.29 is 17.6 Å². The Morgan fingerprint density at radius 2 is 1.70 bits per heavy atom. The smallest absolute Gasteiger partial charge is 0.253 e. The Morgan fingerprint density at radius 3 is 2.37 bits per heavy atom. The molecular weight excluding hydrogens is 364 g/mol. The van der Waals surface area contributed by atoms with E-state index in [9.17, 15) is 13.2 Å². The van der Waals surface area contributed by atoms with E-state index < -0.39 is 15.3 Å². The minimum absolute atomic E-state index is 0.0799. The molecule has 4 rings (SSSR count). The lowest BCUT2D eigenvalue weighted by atomic mass is 10.0. The van der Waals surface area contributed by atoms with Crippen LogP contribution in [0.5, 0.6) is 0 Å². The van der Waals surface area contributed by atoms with Crippen molar-refractivity contribution in [3.05, 3.63) is 60.6 Å². The third-order valence-electron chi connectivity index (χ3n) is 5.14. The van der Waals surface area contributed by atoms with Crippen LogP contribution < -0.4 is 5.14 Å². The maximum Gasteiger partial charge on any atom is 0.253 e. The Morgan fingerprint density at radius 1 is 1.00 bits per heavy atom. The Kier molecular flexibility index (Phi) is 4.49. The quantitative estimate of drug-likeness (QED) is 0.751. The zero-order chi connectivity index (χ0) is 19.0. The van der Waals surface area contributed by atoms with Gasteiger partial charge in [0.05, 0.1) is 17.8 Å². The summed E-state index contributed by atoms with van der Waals surface area (Å²) in [6, 6.07) is 13.6. The summed E-state index contributed by atoms with van der Waals surface area (Å²) in [5.41, 5.74) is 2.67. The van der Waals surface area contributed by atoms with Gasteiger partial charge < -0.3 is 9.32 Å². The van der Waals surface area contributed by atoms with Gasteiger partial charge in [-0.3, -0.25) is 4.79 Å². The van der Waals surface area contributed by atoms with Gasteiger partial charge in [0.25, 0.3) is 5.91 Å². The van der Waals surface area contributed by atoms with Crippen LogP contribution >= 0.6 is 0 Å². The number of nitrogens with two attached hydrogens (primary N) is 1. The van der Waals surface area contributed by atoms with E-state index in [1.165, 1.54) is 0 Å². The Balaban J connectivity index is 1.54. The molecule has 0 saturated carbocycles. The van der Waals surface area contributed by atoms with E-state index >= 15 is 0 Å². The molecule has 0 bridgehead atoms. The number of hydrogen-bond acceptors (Lipinski definition) is 4. The standard InChI is InChI=1S/C20H20N2O4S/c21-27(24,25)19-5-8-22(9-6-19)20(23)17-4-3-14-11-16(2-1-15(14)12-17)18-7-10-26-13-18/h1-4,7,10-13,19H,5-6,8-9H2,(H2,21,24,25). The Labute approximate surface area is 157 Å². The fourth-order valence-electron chi connectivity index (χ4n) is 3.56. The van der Waals surface area contributed by atoms with Gasteiger partial charge in [0.1, 0.15) is 0 Å². The molecule has 2 N–H and O–H groups in total. The fourth-order valence-corrected chi connectivity index (χ4v) is 4.42. The van der Waals surface area contributed by atoms with Crippen molar-refractivity contribution in [3.8, 4) is 11.1 Å². The minimum atomic E-state index is -3.54. The number of amides is 1. The first kappa shape index (κ1) is 17.8. The van der Waals surface area contributed by atoms with E-state index in [4.69, 9.17) is 9.56 Å². The lowest BCUT2D eigenvalue weighted by molar-refractivity contribution is 0.0726. The molecule has 0 spiro atoms. The van der Waals surface area contributed by atoms with Gasteiger partial charge in [-0.2, -0.15) is 0 Å². The fraction of sp³-hybridized carbons (Fsp3) is 0.250. The number of fused-ring (bicyclic) bond motifs is 1. The normalized spacial score (nSPS) is 16.0. The monoisotopic (exact) mass is 384 g/mol. The molecule has 140 valence electrons. The highest BCUT2D eigenvalue weighted by atomic mass is 32.2. The van der Waals surface area contributed by atoms with Crippen LogP contribution in [0.25, 0.3) is 21.9 Å². The van der Waals surface area contributed by atoms with E-state index in [1.807, 2.05) is 36.4 Å². The summed E-state index contributed by atoms with van der Waals surface area (Å²) in [7, 11) is -3.54. The molecule has 0 atom stereocenters. The molecule has 1 aliphatic heterocycles. The summed E-state index contributed by atoms with van der Waals surface area (Å²) >= 11 is 0. The number of sulfonamides is 1. The number of piperidine rings is 1. The van der Waals surface area contributed by atoms with Crippen LogP contribution in [-0.2, 0) is 10.0 Å². The van der Waals surface area contributed by atoms with Crippen LogP contribution in [0.3, 0.4) is 0 Å². The van der Waals surface area contributed by atoms with Gasteiger partial charge in [-0.15, -0.1) is 0 Å². The number of rotatable bonds is 3. The van der Waals surface area contributed by atoms with Crippen molar-refractivity contribution in [1.82, 2.24) is 4.90 Å². The number of benzene rings is 2. The van der Waals surface area contributed by atoms with Crippen LogP contribution in [0.15, 0.2) is 59.4 Å². The second-order valence-electron chi connectivity index (χ2n) is 6.87. The summed E-state index contributed by atoms with van der Waals surface area (Å²) in [6.45, 7) is 0.800. The highest BCUT2D eigenvalue weighted by molar-refractivity contribution is 7.89. The average Bonchev–Trinajstić information content (AvgIpc) is 3.21. The summed E-state index contributed by atoms with van der Waals surface area (Å²) < 4.78 is 28.1. The highest BCUT2D eigenvalue weighted by Crippen LogP contribution is 2.26. The first-order chi connectivity index (χ1) is 12.9. The van der Waals surface area contributed by atoms with Gasteiger partial charge in [0.2, 0.25) is 10.0 Å². The molecular formula is C20H20N2O4S. The van der Waals surface area contributed by atoms with Crippen LogP contribution in [0.1, 0.15) is 23.2 Å². The number of carbonyl (C=O) groups is 1. The molecule has 1 aliphatic rings. The van der Waals surface area contributed by atoms with E-state index in [2.05, 4.69) is 6.07 Å². The number of primary sulfonamides is 1. The summed E-state index contributed by atoms with van der Waals surface area (Å²) in [4.78, 5) is 14.5. The van der Waals surface area contributed by atoms with E-state index in [0.717, 1.165) is 21.9 Å². The second-order valence-corrected chi connectivity index (χ2v) is 8.71. The maximum absolute atomic E-state index is 12.8. The molecule has 1 aromatic heterocycles. The molecule has 6 nitrogen and oxygen atoms in total. The maximum atomic E-state index is 12.8. The first-order valence-electron chi connectivity index (χ1n) is 8.79. The summed E-state index contributed by atoms with van der Waals surface area (Å²) in [5.74, 6) is -0.0799. The number of likely N-dealkylation sites (tertiary alicyclic amines) is 1. The number of hydrogen-bond donors (Lipinski definition) is 1. The lowest BCUT2D eigenvalue weighted by Crippen LogP contribution is -2.44. The van der Waals surface area contributed by atoms with Crippen LogP contribution in [0.2, 0.25) is 0 Å². The Hall–Kier alpha value is -2.64. The molecule has 2 heterocycles. The second kappa shape index (κ2) is 6.83. The van der Waals surface area contributed by atoms with Crippen molar-refractivity contribution in [1.29, 1.82) is 0 Å². The molecule has 0 radical (unpaired) electrons. The molecule has 0 unspecified atom stereocenters. The van der Waals surface area contributed by atoms with Gasteiger partial charge >= 0.3 is 0 Å². The van der Waals surface area contributed by atoms with E-state index in [1.54, 1.807) is 17.4 Å². The van der Waals surface area contributed by atoms with Gasteiger partial charge in [-0.05, 0) is 53.4 Å². The van der Waals surface area contributed by atoms with Crippen molar-refractivity contribution >= 4 is 26.7 Å². The Bertz CT molecular complexity index is 1080. The summed E-state index contributed by atoms with van der Waals surface area (Å²) in [6.07, 6.45) is 4.10. The van der Waals surface area contributed by atoms with E-state index in [-0.39, 0.29) is 5.91 Å². The van der Waals surface area contributed by atoms with Gasteiger partial charge in [-0.1, -0.05) is 18.2 Å². The molecule has 2 aromatic carbocycles. The van der Waals surface area contributed by atoms with Crippen molar-refractivity contribution in [2.75, 3.05) is 13.1 Å². The third-order valence-corrected chi connectivity index (χ3v) is 6.54. The number of furan rings is 1. The third kappa shape index (κ3) is 3.61. The van der Waals surface area contributed by atoms with Crippen molar-refractivity contribution in [3.63, 3.8) is 0 Å². The molecule has 3 aromatic rings. The number of nitrogens with zero attached hydrogens (tertiary/aromatic N) is 1. The molecule has 1 saturated heterocycles. The topological polar surface area (TPSA) is 93.6 Å². The predicted molar refractivity (Wildman–Crippen MR) is 104 cm³/mol. The predicted octanol–water partition coefficient (Wildman–Crippen LogP) is 2.99. The summed E-state index contributed by atoms with van der Waals surface area (Å²) in [5, 5.41) is 6.68. The van der Waals surface area contributed by atoms with Crippen molar-refractivity contribution in [2.24, 2.45) is 5.14 Å². The van der Waals surface area contributed by atoms with Crippen molar-refractivity contribution in [2.45, 2.75) is 18.1 Å². The highest BCUT2D eigenvalue weighted by Gasteiger charge is 2.29. The largest absolute Gasteiger partial charge is 0.472 e. The SMILES string of the molecule is NS(=O)(=O)C1CCN(C(=O)c2ccc3cc(-c4ccoc4)ccc3c2)CC1. The minimum Gasteiger partial charge on any atom is -0.472 e. The molecule has 0 aliphatic carbocycles. The lowest BCUT2D eigenvalue weighted by Gasteiger charge is -2.31. The molecule has 27 heavy (non-hydrogen) atoms. The zero-order valence-electron chi connectivity index (χ0n) is 14.7. The van der Waals surface area contributed by atoms with Gasteiger partial charge in [0, 0.05) is 24.2 Å². The number of carbonyl (C=O) groups excluding carboxylic acids is 1. The van der Waals surface area contributed by atoms with E-state index in [0.29, 0.717) is 31.5 Å². The average molecular weight is 384 g/mol. The molecule has 1 amide bonds. The molecule has 7 heteroatoms. The van der Waals surface area contributed by atoms with Crippen LogP contribution in [0, 0.1) is 0 Å².